The van der Waals surface area contributed by atoms with Crippen molar-refractivity contribution in [2.24, 2.45) is 5.41 Å². The van der Waals surface area contributed by atoms with Crippen molar-refractivity contribution in [3.05, 3.63) is 35.9 Å². The molecule has 4 nitrogen and oxygen atoms in total. The van der Waals surface area contributed by atoms with Crippen molar-refractivity contribution in [2.45, 2.75) is 45.1 Å². The van der Waals surface area contributed by atoms with Gasteiger partial charge in [0.2, 0.25) is 0 Å². The van der Waals surface area contributed by atoms with Gasteiger partial charge in [-0.2, -0.15) is 0 Å². The van der Waals surface area contributed by atoms with Crippen LogP contribution in [0.3, 0.4) is 0 Å². The van der Waals surface area contributed by atoms with Gasteiger partial charge in [-0.1, -0.05) is 30.3 Å². The molecule has 1 aliphatic rings. The van der Waals surface area contributed by atoms with Gasteiger partial charge in [0.25, 0.3) is 0 Å². The first-order valence-corrected chi connectivity index (χ1v) is 7.38. The summed E-state index contributed by atoms with van der Waals surface area (Å²) in [4.78, 5) is 23.6. The number of methoxy groups -OCH3 is 1. The van der Waals surface area contributed by atoms with E-state index in [2.05, 4.69) is 0 Å². The van der Waals surface area contributed by atoms with Crippen molar-refractivity contribution in [3.63, 3.8) is 0 Å². The van der Waals surface area contributed by atoms with Crippen molar-refractivity contribution in [3.8, 4) is 0 Å². The number of carbonyl (C=O) groups excluding carboxylic acids is 2. The summed E-state index contributed by atoms with van der Waals surface area (Å²) in [5.41, 5.74) is 0.477. The normalized spacial score (nSPS) is 24.6. The predicted molar refractivity (Wildman–Crippen MR) is 78.6 cm³/mol. The van der Waals surface area contributed by atoms with Crippen LogP contribution in [0.4, 0.5) is 0 Å². The van der Waals surface area contributed by atoms with Crippen molar-refractivity contribution in [1.82, 2.24) is 0 Å². The third-order valence-corrected chi connectivity index (χ3v) is 4.31. The van der Waals surface area contributed by atoms with Crippen LogP contribution in [0.5, 0.6) is 0 Å². The highest BCUT2D eigenvalue weighted by Crippen LogP contribution is 2.45. The maximum Gasteiger partial charge on any atom is 0.315 e. The molecule has 0 heterocycles. The second-order valence-electron chi connectivity index (χ2n) is 5.62. The Kier molecular flexibility index (Phi) is 4.99. The topological polar surface area (TPSA) is 52.6 Å². The Labute approximate surface area is 125 Å². The molecule has 0 saturated heterocycles. The van der Waals surface area contributed by atoms with Crippen LogP contribution in [-0.2, 0) is 25.5 Å². The van der Waals surface area contributed by atoms with E-state index >= 15 is 0 Å². The molecule has 0 aliphatic heterocycles. The Hall–Kier alpha value is -1.84. The van der Waals surface area contributed by atoms with Crippen LogP contribution in [0.2, 0.25) is 0 Å². The van der Waals surface area contributed by atoms with Gasteiger partial charge in [-0.15, -0.1) is 0 Å². The molecule has 21 heavy (non-hydrogen) atoms. The van der Waals surface area contributed by atoms with Crippen molar-refractivity contribution in [2.75, 3.05) is 7.11 Å². The highest BCUT2D eigenvalue weighted by Gasteiger charge is 2.51. The van der Waals surface area contributed by atoms with E-state index in [1.54, 1.807) is 0 Å². The summed E-state index contributed by atoms with van der Waals surface area (Å²) in [6.07, 6.45) is 3.36. The predicted octanol–water partition coefficient (Wildman–Crippen LogP) is 2.89. The summed E-state index contributed by atoms with van der Waals surface area (Å²) in [7, 11) is 1.40. The zero-order valence-electron chi connectivity index (χ0n) is 12.6. The SMILES string of the molecule is COC(=O)C1(CCc2ccccc2)CCCC1OC(C)=O. The highest BCUT2D eigenvalue weighted by atomic mass is 16.6. The quantitative estimate of drug-likeness (QED) is 0.782. The molecule has 0 spiro atoms. The number of rotatable bonds is 5. The van der Waals surface area contributed by atoms with Gasteiger partial charge in [0.1, 0.15) is 11.5 Å². The number of aryl methyl sites for hydroxylation is 1. The molecular formula is C17H22O4. The van der Waals surface area contributed by atoms with Gasteiger partial charge in [-0.25, -0.2) is 0 Å². The third kappa shape index (κ3) is 3.43. The first-order valence-electron chi connectivity index (χ1n) is 7.38. The second-order valence-corrected chi connectivity index (χ2v) is 5.62. The fourth-order valence-corrected chi connectivity index (χ4v) is 3.25. The molecule has 4 heteroatoms. The minimum Gasteiger partial charge on any atom is -0.468 e. The van der Waals surface area contributed by atoms with Crippen LogP contribution in [0, 0.1) is 5.41 Å². The lowest BCUT2D eigenvalue weighted by molar-refractivity contribution is -0.168. The molecule has 2 unspecified atom stereocenters. The van der Waals surface area contributed by atoms with E-state index in [0.29, 0.717) is 12.8 Å². The lowest BCUT2D eigenvalue weighted by Crippen LogP contribution is -2.42. The van der Waals surface area contributed by atoms with Crippen LogP contribution in [0.25, 0.3) is 0 Å². The van der Waals surface area contributed by atoms with Gasteiger partial charge in [-0.3, -0.25) is 9.59 Å². The summed E-state index contributed by atoms with van der Waals surface area (Å²) < 4.78 is 10.4. The number of hydrogen-bond donors (Lipinski definition) is 0. The lowest BCUT2D eigenvalue weighted by Gasteiger charge is -2.32. The minimum absolute atomic E-state index is 0.262. The minimum atomic E-state index is -0.698. The Balaban J connectivity index is 2.16. The number of ether oxygens (including phenoxy) is 2. The van der Waals surface area contributed by atoms with Gasteiger partial charge < -0.3 is 9.47 Å². The van der Waals surface area contributed by atoms with E-state index in [1.807, 2.05) is 30.3 Å². The number of benzene rings is 1. The Morgan fingerprint density at radius 3 is 2.62 bits per heavy atom. The zero-order chi connectivity index (χ0) is 15.3. The maximum absolute atomic E-state index is 12.3. The molecule has 2 rings (SSSR count). The monoisotopic (exact) mass is 290 g/mol. The van der Waals surface area contributed by atoms with Crippen LogP contribution < -0.4 is 0 Å². The molecule has 114 valence electrons. The Bertz CT molecular complexity index is 497. The van der Waals surface area contributed by atoms with E-state index in [9.17, 15) is 9.59 Å². The first kappa shape index (κ1) is 15.5. The van der Waals surface area contributed by atoms with Crippen LogP contribution in [0.1, 0.15) is 38.2 Å². The standard InChI is InChI=1S/C17H22O4/c1-13(18)21-15-9-6-11-17(15,16(19)20-2)12-10-14-7-4-3-5-8-14/h3-5,7-8,15H,6,9-12H2,1-2H3. The smallest absolute Gasteiger partial charge is 0.315 e. The van der Waals surface area contributed by atoms with Gasteiger partial charge in [0.05, 0.1) is 7.11 Å². The molecule has 2 atom stereocenters. The molecule has 0 radical (unpaired) electrons. The molecular weight excluding hydrogens is 268 g/mol. The zero-order valence-corrected chi connectivity index (χ0v) is 12.6. The molecule has 0 bridgehead atoms. The molecule has 1 fully saturated rings. The van der Waals surface area contributed by atoms with Crippen molar-refractivity contribution >= 4 is 11.9 Å². The summed E-state index contributed by atoms with van der Waals surface area (Å²) in [6.45, 7) is 1.39. The summed E-state index contributed by atoms with van der Waals surface area (Å²) in [5, 5.41) is 0. The largest absolute Gasteiger partial charge is 0.468 e. The van der Waals surface area contributed by atoms with Crippen LogP contribution in [-0.4, -0.2) is 25.2 Å². The average Bonchev–Trinajstić information content (AvgIpc) is 2.88. The van der Waals surface area contributed by atoms with E-state index in [1.165, 1.54) is 19.6 Å². The van der Waals surface area contributed by atoms with Crippen LogP contribution in [0.15, 0.2) is 30.3 Å². The number of esters is 2. The molecule has 1 aromatic rings. The van der Waals surface area contributed by atoms with E-state index in [-0.39, 0.29) is 18.0 Å². The molecule has 0 N–H and O–H groups in total. The molecule has 1 aliphatic carbocycles. The molecule has 1 aromatic carbocycles. The fraction of sp³-hybridized carbons (Fsp3) is 0.529. The number of carbonyl (C=O) groups is 2. The van der Waals surface area contributed by atoms with Crippen LogP contribution >= 0.6 is 0 Å². The Morgan fingerprint density at radius 2 is 2.00 bits per heavy atom. The van der Waals surface area contributed by atoms with Crippen molar-refractivity contribution < 1.29 is 19.1 Å². The van der Waals surface area contributed by atoms with Crippen molar-refractivity contribution in [1.29, 1.82) is 0 Å². The van der Waals surface area contributed by atoms with E-state index in [4.69, 9.17) is 9.47 Å². The Morgan fingerprint density at radius 1 is 1.29 bits per heavy atom. The van der Waals surface area contributed by atoms with Gasteiger partial charge in [0.15, 0.2) is 0 Å². The summed E-state index contributed by atoms with van der Waals surface area (Å²) in [5.74, 6) is -0.600. The van der Waals surface area contributed by atoms with E-state index < -0.39 is 5.41 Å². The number of hydrogen-bond acceptors (Lipinski definition) is 4. The molecule has 1 saturated carbocycles. The van der Waals surface area contributed by atoms with Gasteiger partial charge >= 0.3 is 11.9 Å². The second kappa shape index (κ2) is 6.74. The molecule has 0 amide bonds. The summed E-state index contributed by atoms with van der Waals surface area (Å²) in [6, 6.07) is 10.0. The highest BCUT2D eigenvalue weighted by molar-refractivity contribution is 5.79. The van der Waals surface area contributed by atoms with Gasteiger partial charge in [-0.05, 0) is 37.7 Å². The van der Waals surface area contributed by atoms with E-state index in [0.717, 1.165) is 19.3 Å². The maximum atomic E-state index is 12.3. The lowest BCUT2D eigenvalue weighted by atomic mass is 9.78. The summed E-state index contributed by atoms with van der Waals surface area (Å²) >= 11 is 0. The third-order valence-electron chi connectivity index (χ3n) is 4.31. The van der Waals surface area contributed by atoms with Gasteiger partial charge in [0, 0.05) is 6.92 Å². The average molecular weight is 290 g/mol. The fourth-order valence-electron chi connectivity index (χ4n) is 3.25. The molecule has 0 aromatic heterocycles. The first-order chi connectivity index (χ1) is 10.1.